The molecule has 0 saturated heterocycles. The quantitative estimate of drug-likeness (QED) is 0.699. The lowest BCUT2D eigenvalue weighted by Gasteiger charge is -2.21. The minimum atomic E-state index is 0.624. The summed E-state index contributed by atoms with van der Waals surface area (Å²) in [6.45, 7) is 10.2. The lowest BCUT2D eigenvalue weighted by atomic mass is 10.0. The van der Waals surface area contributed by atoms with Gasteiger partial charge in [0.2, 0.25) is 0 Å². The second-order valence-electron chi connectivity index (χ2n) is 3.93. The first-order valence-corrected chi connectivity index (χ1v) is 6.03. The number of hydrogen-bond acceptors (Lipinski definition) is 1. The van der Waals surface area contributed by atoms with Crippen molar-refractivity contribution in [3.63, 3.8) is 0 Å². The highest BCUT2D eigenvalue weighted by Crippen LogP contribution is 2.06. The van der Waals surface area contributed by atoms with Crippen molar-refractivity contribution in [1.82, 2.24) is 5.32 Å². The van der Waals surface area contributed by atoms with Crippen LogP contribution in [0.15, 0.2) is 0 Å². The molecule has 0 aliphatic heterocycles. The monoisotopic (exact) mass is 235 g/mol. The van der Waals surface area contributed by atoms with Crippen LogP contribution in [0.4, 0.5) is 0 Å². The van der Waals surface area contributed by atoms with Gasteiger partial charge >= 0.3 is 0 Å². The maximum atomic E-state index is 3.57. The van der Waals surface area contributed by atoms with Gasteiger partial charge in [0.25, 0.3) is 0 Å². The van der Waals surface area contributed by atoms with Crippen molar-refractivity contribution < 1.29 is 0 Å². The number of rotatable bonds is 6. The van der Waals surface area contributed by atoms with Crippen LogP contribution in [0.3, 0.4) is 0 Å². The highest BCUT2D eigenvalue weighted by molar-refractivity contribution is 9.09. The molecule has 2 atom stereocenters. The van der Waals surface area contributed by atoms with Crippen LogP contribution in [0.25, 0.3) is 0 Å². The van der Waals surface area contributed by atoms with Gasteiger partial charge in [-0.1, -0.05) is 50.0 Å². The van der Waals surface area contributed by atoms with E-state index in [1.54, 1.807) is 0 Å². The molecule has 0 rings (SSSR count). The number of nitrogens with one attached hydrogen (secondary N) is 1. The van der Waals surface area contributed by atoms with Crippen LogP contribution in [0.1, 0.15) is 34.1 Å². The van der Waals surface area contributed by atoms with Gasteiger partial charge in [0.15, 0.2) is 0 Å². The van der Waals surface area contributed by atoms with Crippen molar-refractivity contribution in [2.24, 2.45) is 11.8 Å². The van der Waals surface area contributed by atoms with Gasteiger partial charge < -0.3 is 5.32 Å². The summed E-state index contributed by atoms with van der Waals surface area (Å²) in [6, 6.07) is 0.624. The first kappa shape index (κ1) is 12.4. The van der Waals surface area contributed by atoms with Crippen LogP contribution in [-0.4, -0.2) is 17.9 Å². The van der Waals surface area contributed by atoms with Crippen molar-refractivity contribution in [3.8, 4) is 0 Å². The lowest BCUT2D eigenvalue weighted by Crippen LogP contribution is -2.37. The van der Waals surface area contributed by atoms with Crippen molar-refractivity contribution in [3.05, 3.63) is 0 Å². The molecular weight excluding hydrogens is 214 g/mol. The van der Waals surface area contributed by atoms with E-state index in [2.05, 4.69) is 48.9 Å². The molecule has 0 aliphatic carbocycles. The van der Waals surface area contributed by atoms with Gasteiger partial charge in [0.05, 0.1) is 0 Å². The predicted octanol–water partition coefficient (Wildman–Crippen LogP) is 3.04. The molecule has 12 heavy (non-hydrogen) atoms. The maximum absolute atomic E-state index is 3.57. The van der Waals surface area contributed by atoms with Gasteiger partial charge in [-0.15, -0.1) is 0 Å². The Labute approximate surface area is 85.4 Å². The average molecular weight is 236 g/mol. The fourth-order valence-electron chi connectivity index (χ4n) is 0.965. The number of halogens is 1. The number of alkyl halides is 1. The fraction of sp³-hybridized carbons (Fsp3) is 1.00. The van der Waals surface area contributed by atoms with Crippen LogP contribution < -0.4 is 5.32 Å². The molecule has 0 aromatic carbocycles. The summed E-state index contributed by atoms with van der Waals surface area (Å²) < 4.78 is 0. The van der Waals surface area contributed by atoms with Crippen LogP contribution in [0, 0.1) is 11.8 Å². The first-order chi connectivity index (χ1) is 5.61. The van der Waals surface area contributed by atoms with Gasteiger partial charge in [-0.2, -0.15) is 0 Å². The van der Waals surface area contributed by atoms with E-state index in [9.17, 15) is 0 Å². The number of hydrogen-bond donors (Lipinski definition) is 1. The van der Waals surface area contributed by atoms with Crippen molar-refractivity contribution >= 4 is 15.9 Å². The summed E-state index contributed by atoms with van der Waals surface area (Å²) >= 11 is 3.53. The van der Waals surface area contributed by atoms with E-state index in [0.717, 1.165) is 17.8 Å². The van der Waals surface area contributed by atoms with Crippen molar-refractivity contribution in [2.75, 3.05) is 11.9 Å². The molecule has 1 nitrogen and oxygen atoms in total. The molecule has 0 radical (unpaired) electrons. The second-order valence-corrected chi connectivity index (χ2v) is 4.57. The Hall–Kier alpha value is 0.440. The van der Waals surface area contributed by atoms with Gasteiger partial charge in [-0.05, 0) is 18.4 Å². The Kier molecular flexibility index (Phi) is 7.16. The molecule has 0 saturated carbocycles. The van der Waals surface area contributed by atoms with E-state index in [4.69, 9.17) is 0 Å². The van der Waals surface area contributed by atoms with E-state index in [0.29, 0.717) is 12.0 Å². The normalized spacial score (nSPS) is 16.5. The first-order valence-electron chi connectivity index (χ1n) is 4.91. The Morgan fingerprint density at radius 1 is 1.25 bits per heavy atom. The molecule has 2 unspecified atom stereocenters. The van der Waals surface area contributed by atoms with Crippen LogP contribution >= 0.6 is 15.9 Å². The summed E-state index contributed by atoms with van der Waals surface area (Å²) in [5, 5.41) is 4.63. The molecule has 0 aromatic heterocycles. The topological polar surface area (TPSA) is 12.0 Å². The van der Waals surface area contributed by atoms with E-state index < -0.39 is 0 Å². The Balaban J connectivity index is 3.58. The molecule has 2 heteroatoms. The lowest BCUT2D eigenvalue weighted by molar-refractivity contribution is 0.393. The highest BCUT2D eigenvalue weighted by Gasteiger charge is 2.11. The molecule has 0 aliphatic rings. The summed E-state index contributed by atoms with van der Waals surface area (Å²) in [5.41, 5.74) is 0. The Bertz CT molecular complexity index is 104. The van der Waals surface area contributed by atoms with Gasteiger partial charge in [-0.25, -0.2) is 0 Å². The zero-order valence-electron chi connectivity index (χ0n) is 8.73. The standard InChI is InChI=1S/C10H22BrN/c1-5-9(4)7-12-10(6-11)8(2)3/h8-10,12H,5-7H2,1-4H3. The molecule has 0 aromatic rings. The van der Waals surface area contributed by atoms with Gasteiger partial charge in [0, 0.05) is 11.4 Å². The van der Waals surface area contributed by atoms with E-state index in [-0.39, 0.29) is 0 Å². The summed E-state index contributed by atoms with van der Waals surface area (Å²) in [5.74, 6) is 1.51. The van der Waals surface area contributed by atoms with Gasteiger partial charge in [0.1, 0.15) is 0 Å². The fourth-order valence-corrected chi connectivity index (χ4v) is 1.94. The maximum Gasteiger partial charge on any atom is 0.0188 e. The Morgan fingerprint density at radius 2 is 1.83 bits per heavy atom. The molecule has 0 bridgehead atoms. The highest BCUT2D eigenvalue weighted by atomic mass is 79.9. The molecule has 0 spiro atoms. The Morgan fingerprint density at radius 3 is 2.17 bits per heavy atom. The minimum absolute atomic E-state index is 0.624. The summed E-state index contributed by atoms with van der Waals surface area (Å²) in [4.78, 5) is 0. The third-order valence-electron chi connectivity index (χ3n) is 2.40. The molecule has 74 valence electrons. The van der Waals surface area contributed by atoms with E-state index in [1.807, 2.05) is 0 Å². The van der Waals surface area contributed by atoms with Gasteiger partial charge in [-0.3, -0.25) is 0 Å². The third-order valence-corrected chi connectivity index (χ3v) is 3.09. The average Bonchev–Trinajstić information content (AvgIpc) is 2.04. The van der Waals surface area contributed by atoms with Crippen molar-refractivity contribution in [1.29, 1.82) is 0 Å². The summed E-state index contributed by atoms with van der Waals surface area (Å²) in [6.07, 6.45) is 1.26. The second kappa shape index (κ2) is 6.90. The third kappa shape index (κ3) is 5.15. The molecular formula is C10H22BrN. The molecule has 0 fully saturated rings. The SMILES string of the molecule is CCC(C)CNC(CBr)C(C)C. The zero-order valence-corrected chi connectivity index (χ0v) is 10.3. The van der Waals surface area contributed by atoms with Crippen LogP contribution in [0.5, 0.6) is 0 Å². The van der Waals surface area contributed by atoms with Crippen LogP contribution in [-0.2, 0) is 0 Å². The molecule has 1 N–H and O–H groups in total. The predicted molar refractivity (Wildman–Crippen MR) is 59.9 cm³/mol. The van der Waals surface area contributed by atoms with Crippen molar-refractivity contribution in [2.45, 2.75) is 40.2 Å². The minimum Gasteiger partial charge on any atom is -0.313 e. The smallest absolute Gasteiger partial charge is 0.0188 e. The van der Waals surface area contributed by atoms with E-state index >= 15 is 0 Å². The molecule has 0 amide bonds. The van der Waals surface area contributed by atoms with Crippen LogP contribution in [0.2, 0.25) is 0 Å². The summed E-state index contributed by atoms with van der Waals surface area (Å²) in [7, 11) is 0. The zero-order chi connectivity index (χ0) is 9.56. The van der Waals surface area contributed by atoms with E-state index in [1.165, 1.54) is 6.42 Å². The molecule has 0 heterocycles. The largest absolute Gasteiger partial charge is 0.313 e.